The first kappa shape index (κ1) is 16.2. The molecule has 6 nitrogen and oxygen atoms in total. The largest absolute Gasteiger partial charge is 0.385 e. The molecule has 1 saturated carbocycles. The van der Waals surface area contributed by atoms with E-state index in [1.165, 1.54) is 6.20 Å². The van der Waals surface area contributed by atoms with Crippen LogP contribution in [0.4, 0.5) is 5.69 Å². The number of nitrogens with one attached hydrogen (secondary N) is 2. The predicted molar refractivity (Wildman–Crippen MR) is 81.7 cm³/mol. The molecule has 1 aliphatic carbocycles. The van der Waals surface area contributed by atoms with E-state index >= 15 is 0 Å². The van der Waals surface area contributed by atoms with Crippen molar-refractivity contribution in [1.29, 1.82) is 0 Å². The van der Waals surface area contributed by atoms with Gasteiger partial charge in [-0.1, -0.05) is 0 Å². The quantitative estimate of drug-likeness (QED) is 0.724. The third-order valence-electron chi connectivity index (χ3n) is 3.82. The summed E-state index contributed by atoms with van der Waals surface area (Å²) in [6.45, 7) is 3.67. The van der Waals surface area contributed by atoms with Gasteiger partial charge in [0.25, 0.3) is 10.0 Å². The molecular formula is C14H23N3O3S. The summed E-state index contributed by atoms with van der Waals surface area (Å²) >= 11 is 0. The van der Waals surface area contributed by atoms with Gasteiger partial charge in [-0.05, 0) is 43.7 Å². The van der Waals surface area contributed by atoms with Crippen LogP contribution in [-0.4, -0.2) is 40.2 Å². The van der Waals surface area contributed by atoms with Crippen molar-refractivity contribution in [1.82, 2.24) is 9.71 Å². The molecule has 0 atom stereocenters. The maximum Gasteiger partial charge on any atom is 0.260 e. The molecule has 1 aromatic rings. The van der Waals surface area contributed by atoms with E-state index in [1.54, 1.807) is 19.2 Å². The number of hydrogen-bond acceptors (Lipinski definition) is 5. The van der Waals surface area contributed by atoms with Crippen molar-refractivity contribution < 1.29 is 13.2 Å². The number of sulfonamides is 1. The molecule has 1 aliphatic rings. The molecule has 0 aromatic carbocycles. The first-order valence-corrected chi connectivity index (χ1v) is 8.69. The summed E-state index contributed by atoms with van der Waals surface area (Å²) in [5.74, 6) is 0. The van der Waals surface area contributed by atoms with Crippen LogP contribution in [-0.2, 0) is 14.8 Å². The summed E-state index contributed by atoms with van der Waals surface area (Å²) in [7, 11) is -1.93. The van der Waals surface area contributed by atoms with Crippen LogP contribution >= 0.6 is 0 Å². The Labute approximate surface area is 126 Å². The fourth-order valence-corrected chi connectivity index (χ4v) is 3.52. The second kappa shape index (κ2) is 6.72. The van der Waals surface area contributed by atoms with Crippen LogP contribution in [0.25, 0.3) is 0 Å². The summed E-state index contributed by atoms with van der Waals surface area (Å²) in [6, 6.07) is 3.45. The smallest absolute Gasteiger partial charge is 0.260 e. The van der Waals surface area contributed by atoms with Crippen LogP contribution < -0.4 is 10.0 Å². The fraction of sp³-hybridized carbons (Fsp3) is 0.643. The molecule has 0 saturated heterocycles. The standard InChI is InChI=1S/C14H23N3O3S/c1-3-15-12-5-4-9-16-13(12)21(18,19)17-11-14(6-7-14)8-10-20-2/h4-5,9,15,17H,3,6-8,10-11H2,1-2H3. The topological polar surface area (TPSA) is 80.3 Å². The highest BCUT2D eigenvalue weighted by atomic mass is 32.2. The highest BCUT2D eigenvalue weighted by molar-refractivity contribution is 7.89. The van der Waals surface area contributed by atoms with Crippen LogP contribution in [0.15, 0.2) is 23.4 Å². The SMILES string of the molecule is CCNc1cccnc1S(=O)(=O)NCC1(CCOC)CC1. The Bertz CT molecular complexity index is 571. The normalized spacial score (nSPS) is 16.7. The average molecular weight is 313 g/mol. The summed E-state index contributed by atoms with van der Waals surface area (Å²) in [5.41, 5.74) is 0.602. The van der Waals surface area contributed by atoms with Crippen molar-refractivity contribution in [3.63, 3.8) is 0 Å². The van der Waals surface area contributed by atoms with Gasteiger partial charge in [-0.3, -0.25) is 0 Å². The van der Waals surface area contributed by atoms with Crippen LogP contribution in [0.2, 0.25) is 0 Å². The summed E-state index contributed by atoms with van der Waals surface area (Å²) in [6.07, 6.45) is 4.46. The molecular weight excluding hydrogens is 290 g/mol. The summed E-state index contributed by atoms with van der Waals surface area (Å²) in [4.78, 5) is 4.01. The Morgan fingerprint density at radius 3 is 2.81 bits per heavy atom. The molecule has 1 aromatic heterocycles. The monoisotopic (exact) mass is 313 g/mol. The molecule has 0 spiro atoms. The van der Waals surface area contributed by atoms with Gasteiger partial charge in [0.05, 0.1) is 5.69 Å². The highest BCUT2D eigenvalue weighted by Crippen LogP contribution is 2.48. The second-order valence-electron chi connectivity index (χ2n) is 5.45. The first-order valence-electron chi connectivity index (χ1n) is 7.20. The van der Waals surface area contributed by atoms with E-state index in [0.29, 0.717) is 25.4 Å². The van der Waals surface area contributed by atoms with Crippen molar-refractivity contribution in [2.45, 2.75) is 31.2 Å². The van der Waals surface area contributed by atoms with Crippen molar-refractivity contribution in [3.05, 3.63) is 18.3 Å². The fourth-order valence-electron chi connectivity index (χ4n) is 2.26. The molecule has 0 aliphatic heterocycles. The van der Waals surface area contributed by atoms with E-state index in [1.807, 2.05) is 6.92 Å². The van der Waals surface area contributed by atoms with Gasteiger partial charge in [0.15, 0.2) is 5.03 Å². The molecule has 0 unspecified atom stereocenters. The van der Waals surface area contributed by atoms with Crippen LogP contribution in [0.5, 0.6) is 0 Å². The van der Waals surface area contributed by atoms with Gasteiger partial charge >= 0.3 is 0 Å². The van der Waals surface area contributed by atoms with E-state index in [9.17, 15) is 8.42 Å². The molecule has 2 rings (SSSR count). The highest BCUT2D eigenvalue weighted by Gasteiger charge is 2.42. The van der Waals surface area contributed by atoms with Gasteiger partial charge in [0.1, 0.15) is 0 Å². The zero-order valence-electron chi connectivity index (χ0n) is 12.6. The number of hydrogen-bond donors (Lipinski definition) is 2. The first-order chi connectivity index (χ1) is 10.0. The zero-order valence-corrected chi connectivity index (χ0v) is 13.4. The minimum atomic E-state index is -3.60. The minimum absolute atomic E-state index is 0.0643. The van der Waals surface area contributed by atoms with Crippen molar-refractivity contribution in [2.75, 3.05) is 32.1 Å². The number of methoxy groups -OCH3 is 1. The molecule has 1 heterocycles. The predicted octanol–water partition coefficient (Wildman–Crippen LogP) is 1.61. The maximum atomic E-state index is 12.4. The summed E-state index contributed by atoms with van der Waals surface area (Å²) < 4.78 is 32.6. The van der Waals surface area contributed by atoms with Crippen molar-refractivity contribution in [2.24, 2.45) is 5.41 Å². The Hall–Kier alpha value is -1.18. The van der Waals surface area contributed by atoms with E-state index in [0.717, 1.165) is 19.3 Å². The van der Waals surface area contributed by atoms with Gasteiger partial charge in [0, 0.05) is 33.0 Å². The van der Waals surface area contributed by atoms with Gasteiger partial charge < -0.3 is 10.1 Å². The lowest BCUT2D eigenvalue weighted by Gasteiger charge is -2.16. The third-order valence-corrected chi connectivity index (χ3v) is 5.18. The molecule has 21 heavy (non-hydrogen) atoms. The molecule has 0 bridgehead atoms. The third kappa shape index (κ3) is 4.15. The lowest BCUT2D eigenvalue weighted by Crippen LogP contribution is -2.32. The van der Waals surface area contributed by atoms with E-state index in [-0.39, 0.29) is 10.4 Å². The van der Waals surface area contributed by atoms with Gasteiger partial charge in [-0.25, -0.2) is 18.1 Å². The maximum absolute atomic E-state index is 12.4. The number of ether oxygens (including phenoxy) is 1. The molecule has 0 amide bonds. The van der Waals surface area contributed by atoms with Crippen molar-refractivity contribution >= 4 is 15.7 Å². The van der Waals surface area contributed by atoms with Gasteiger partial charge in [-0.15, -0.1) is 0 Å². The number of anilines is 1. The number of aromatic nitrogens is 1. The number of rotatable bonds is 9. The van der Waals surface area contributed by atoms with Crippen LogP contribution in [0, 0.1) is 5.41 Å². The lowest BCUT2D eigenvalue weighted by atomic mass is 10.0. The lowest BCUT2D eigenvalue weighted by molar-refractivity contribution is 0.173. The van der Waals surface area contributed by atoms with Gasteiger partial charge in [-0.2, -0.15) is 0 Å². The second-order valence-corrected chi connectivity index (χ2v) is 7.14. The zero-order chi connectivity index (χ0) is 15.3. The molecule has 2 N–H and O–H groups in total. The molecule has 7 heteroatoms. The van der Waals surface area contributed by atoms with E-state index in [4.69, 9.17) is 4.74 Å². The minimum Gasteiger partial charge on any atom is -0.385 e. The molecule has 118 valence electrons. The average Bonchev–Trinajstić information content (AvgIpc) is 3.25. The Morgan fingerprint density at radius 1 is 1.43 bits per heavy atom. The molecule has 0 radical (unpaired) electrons. The van der Waals surface area contributed by atoms with Crippen LogP contribution in [0.1, 0.15) is 26.2 Å². The van der Waals surface area contributed by atoms with E-state index < -0.39 is 10.0 Å². The summed E-state index contributed by atoms with van der Waals surface area (Å²) in [5, 5.41) is 3.09. The molecule has 1 fully saturated rings. The Kier molecular flexibility index (Phi) is 5.18. The van der Waals surface area contributed by atoms with Crippen LogP contribution in [0.3, 0.4) is 0 Å². The Morgan fingerprint density at radius 2 is 2.19 bits per heavy atom. The van der Waals surface area contributed by atoms with Gasteiger partial charge in [0.2, 0.25) is 0 Å². The number of nitrogens with zero attached hydrogens (tertiary/aromatic N) is 1. The van der Waals surface area contributed by atoms with E-state index in [2.05, 4.69) is 15.0 Å². The Balaban J connectivity index is 2.05. The number of pyridine rings is 1. The van der Waals surface area contributed by atoms with Crippen molar-refractivity contribution in [3.8, 4) is 0 Å².